The zero-order valence-corrected chi connectivity index (χ0v) is 30.3. The van der Waals surface area contributed by atoms with Crippen LogP contribution in [0.15, 0.2) is 91.0 Å². The van der Waals surface area contributed by atoms with E-state index in [1.165, 1.54) is 5.56 Å². The first-order valence-electron chi connectivity index (χ1n) is 18.5. The fourth-order valence-electron chi connectivity index (χ4n) is 6.26. The summed E-state index contributed by atoms with van der Waals surface area (Å²) < 4.78 is 11.0. The predicted octanol–water partition coefficient (Wildman–Crippen LogP) is 7.10. The molecule has 3 N–H and O–H groups in total. The summed E-state index contributed by atoms with van der Waals surface area (Å²) in [5.41, 5.74) is 9.05. The molecule has 1 unspecified atom stereocenters. The third kappa shape index (κ3) is 15.3. The van der Waals surface area contributed by atoms with E-state index in [0.717, 1.165) is 43.2 Å². The number of nitrogens with zero attached hydrogens (tertiary/aromatic N) is 1. The summed E-state index contributed by atoms with van der Waals surface area (Å²) in [6, 6.07) is 29.7. The molecule has 0 radical (unpaired) electrons. The number of hydrogen-bond donors (Lipinski definition) is 3. The summed E-state index contributed by atoms with van der Waals surface area (Å²) in [5, 5.41) is 4.74. The Balaban J connectivity index is 1.39. The van der Waals surface area contributed by atoms with Crippen molar-refractivity contribution in [1.29, 1.82) is 0 Å². The van der Waals surface area contributed by atoms with Gasteiger partial charge in [-0.15, -0.1) is 0 Å². The van der Waals surface area contributed by atoms with Crippen molar-refractivity contribution in [1.82, 2.24) is 21.2 Å². The van der Waals surface area contributed by atoms with E-state index in [2.05, 4.69) is 42.2 Å². The molecule has 1 fully saturated rings. The van der Waals surface area contributed by atoms with E-state index in [0.29, 0.717) is 51.9 Å². The van der Waals surface area contributed by atoms with Crippen molar-refractivity contribution in [3.63, 3.8) is 0 Å². The number of carbonyl (C=O) groups is 3. The maximum atomic E-state index is 14.3. The highest BCUT2D eigenvalue weighted by atomic mass is 16.8. The fourth-order valence-corrected chi connectivity index (χ4v) is 6.26. The Hall–Kier alpha value is -4.25. The minimum absolute atomic E-state index is 0.183. The number of hydrogen-bond acceptors (Lipinski definition) is 7. The van der Waals surface area contributed by atoms with Gasteiger partial charge in [0, 0.05) is 32.7 Å². The lowest BCUT2D eigenvalue weighted by Crippen LogP contribution is -2.49. The highest BCUT2D eigenvalue weighted by Crippen LogP contribution is 2.27. The Bertz CT molecular complexity index is 1420. The van der Waals surface area contributed by atoms with Gasteiger partial charge < -0.3 is 14.8 Å². The van der Waals surface area contributed by atoms with E-state index in [-0.39, 0.29) is 24.3 Å². The van der Waals surface area contributed by atoms with E-state index >= 15 is 0 Å². The zero-order valence-electron chi connectivity index (χ0n) is 30.3. The van der Waals surface area contributed by atoms with Gasteiger partial charge in [0.05, 0.1) is 11.8 Å². The Kier molecular flexibility index (Phi) is 17.5. The average molecular weight is 701 g/mol. The number of unbranched alkanes of at least 4 members (excludes halogenated alkanes) is 1. The van der Waals surface area contributed by atoms with Gasteiger partial charge in [-0.3, -0.25) is 15.0 Å². The van der Waals surface area contributed by atoms with Crippen molar-refractivity contribution in [3.05, 3.63) is 108 Å². The van der Waals surface area contributed by atoms with Gasteiger partial charge in [0.2, 0.25) is 11.8 Å². The maximum Gasteiger partial charge on any atom is 0.407 e. The van der Waals surface area contributed by atoms with Crippen LogP contribution < -0.4 is 16.2 Å². The van der Waals surface area contributed by atoms with E-state index in [9.17, 15) is 14.4 Å². The topological polar surface area (TPSA) is 118 Å². The monoisotopic (exact) mass is 700 g/mol. The lowest BCUT2D eigenvalue weighted by molar-refractivity contribution is -0.203. The summed E-state index contributed by atoms with van der Waals surface area (Å²) in [6.07, 6.45) is 5.78. The number of hydroxylamine groups is 1. The molecule has 10 heteroatoms. The summed E-state index contributed by atoms with van der Waals surface area (Å²) >= 11 is 0. The molecule has 3 aromatic rings. The SMILES string of the molecule is CC(C)C[C@@H](C(=O)NN(CCCCNC(=O)OCc1ccccc1)Cc1ccccc1)[C@H](CCCc1ccccc1)C(=O)NOC1CCCCO1. The number of benzene rings is 3. The normalized spacial score (nSPS) is 15.6. The van der Waals surface area contributed by atoms with Gasteiger partial charge in [-0.25, -0.2) is 20.1 Å². The Morgan fingerprint density at radius 2 is 1.47 bits per heavy atom. The number of rotatable bonds is 21. The molecule has 10 nitrogen and oxygen atoms in total. The molecule has 1 aliphatic heterocycles. The van der Waals surface area contributed by atoms with Crippen LogP contribution in [0.2, 0.25) is 0 Å². The summed E-state index contributed by atoms with van der Waals surface area (Å²) in [5.74, 6) is -1.46. The van der Waals surface area contributed by atoms with Crippen molar-refractivity contribution in [2.75, 3.05) is 19.7 Å². The highest BCUT2D eigenvalue weighted by molar-refractivity contribution is 5.87. The molecule has 1 heterocycles. The van der Waals surface area contributed by atoms with Crippen LogP contribution in [0, 0.1) is 17.8 Å². The van der Waals surface area contributed by atoms with Crippen LogP contribution in [0.4, 0.5) is 4.79 Å². The summed E-state index contributed by atoms with van der Waals surface area (Å²) in [7, 11) is 0. The van der Waals surface area contributed by atoms with Crippen LogP contribution in [0.3, 0.4) is 0 Å². The lowest BCUT2D eigenvalue weighted by atomic mass is 9.81. The first kappa shape index (κ1) is 39.5. The molecule has 1 aliphatic rings. The molecule has 0 aliphatic carbocycles. The number of nitrogens with one attached hydrogen (secondary N) is 3. The van der Waals surface area contributed by atoms with Crippen LogP contribution in [-0.2, 0) is 43.5 Å². The quantitative estimate of drug-likeness (QED) is 0.0802. The molecule has 0 aromatic heterocycles. The third-order valence-electron chi connectivity index (χ3n) is 8.96. The molecule has 276 valence electrons. The van der Waals surface area contributed by atoms with E-state index in [1.54, 1.807) is 0 Å². The van der Waals surface area contributed by atoms with Crippen LogP contribution in [0.5, 0.6) is 0 Å². The third-order valence-corrected chi connectivity index (χ3v) is 8.96. The maximum absolute atomic E-state index is 14.3. The zero-order chi connectivity index (χ0) is 36.1. The van der Waals surface area contributed by atoms with Crippen LogP contribution in [0.25, 0.3) is 0 Å². The van der Waals surface area contributed by atoms with Crippen LogP contribution >= 0.6 is 0 Å². The predicted molar refractivity (Wildman–Crippen MR) is 197 cm³/mol. The average Bonchev–Trinajstić information content (AvgIpc) is 3.15. The molecule has 0 saturated carbocycles. The van der Waals surface area contributed by atoms with Gasteiger partial charge in [0.15, 0.2) is 6.29 Å². The van der Waals surface area contributed by atoms with Crippen LogP contribution in [0.1, 0.15) is 81.9 Å². The van der Waals surface area contributed by atoms with Crippen molar-refractivity contribution >= 4 is 17.9 Å². The van der Waals surface area contributed by atoms with Crippen molar-refractivity contribution < 1.29 is 28.7 Å². The second-order valence-corrected chi connectivity index (χ2v) is 13.7. The van der Waals surface area contributed by atoms with Gasteiger partial charge in [0.1, 0.15) is 6.61 Å². The van der Waals surface area contributed by atoms with Gasteiger partial charge in [-0.2, -0.15) is 0 Å². The standard InChI is InChI=1S/C41H56N4O6/c1-32(2)29-37(36(24-16-23-33-17-6-3-7-18-33)40(47)44-51-38-25-12-15-28-49-38)39(46)43-45(30-34-19-8-4-9-20-34)27-14-13-26-42-41(48)50-31-35-21-10-5-11-22-35/h3-11,17-22,32,36-38H,12-16,23-31H2,1-2H3,(H,42,48)(H,43,46)(H,44,47)/t36-,37+,38?/m0/s1. The minimum atomic E-state index is -0.593. The van der Waals surface area contributed by atoms with Gasteiger partial charge in [-0.1, -0.05) is 105 Å². The second kappa shape index (κ2) is 22.5. The minimum Gasteiger partial charge on any atom is -0.445 e. The van der Waals surface area contributed by atoms with Crippen molar-refractivity contribution in [3.8, 4) is 0 Å². The Morgan fingerprint density at radius 1 is 0.804 bits per heavy atom. The van der Waals surface area contributed by atoms with Gasteiger partial charge >= 0.3 is 6.09 Å². The number of alkyl carbamates (subject to hydrolysis) is 1. The van der Waals surface area contributed by atoms with Crippen LogP contribution in [-0.4, -0.2) is 48.9 Å². The number of ether oxygens (including phenoxy) is 2. The van der Waals surface area contributed by atoms with Gasteiger partial charge in [-0.05, 0) is 74.0 Å². The molecule has 3 atom stereocenters. The first-order chi connectivity index (χ1) is 24.9. The summed E-state index contributed by atoms with van der Waals surface area (Å²) in [6.45, 7) is 6.47. The molecule has 3 aromatic carbocycles. The highest BCUT2D eigenvalue weighted by Gasteiger charge is 2.35. The first-order valence-corrected chi connectivity index (χ1v) is 18.5. The molecule has 0 bridgehead atoms. The molecular weight excluding hydrogens is 644 g/mol. The molecule has 1 saturated heterocycles. The second-order valence-electron chi connectivity index (χ2n) is 13.7. The smallest absolute Gasteiger partial charge is 0.407 e. The Morgan fingerprint density at radius 3 is 2.12 bits per heavy atom. The number of hydrazine groups is 1. The van der Waals surface area contributed by atoms with E-state index in [4.69, 9.17) is 14.3 Å². The Labute approximate surface area is 303 Å². The van der Waals surface area contributed by atoms with E-state index in [1.807, 2.05) is 83.9 Å². The molecular formula is C41H56N4O6. The van der Waals surface area contributed by atoms with Crippen molar-refractivity contribution in [2.24, 2.45) is 17.8 Å². The number of carbonyl (C=O) groups excluding carboxylic acids is 3. The largest absolute Gasteiger partial charge is 0.445 e. The van der Waals surface area contributed by atoms with Crippen molar-refractivity contribution in [2.45, 2.75) is 91.1 Å². The molecule has 3 amide bonds. The number of aryl methyl sites for hydroxylation is 1. The lowest BCUT2D eigenvalue weighted by Gasteiger charge is -2.31. The molecule has 0 spiro atoms. The van der Waals surface area contributed by atoms with E-state index < -0.39 is 24.2 Å². The molecule has 51 heavy (non-hydrogen) atoms. The number of amides is 3. The summed E-state index contributed by atoms with van der Waals surface area (Å²) in [4.78, 5) is 46.0. The fraction of sp³-hybridized carbons (Fsp3) is 0.488. The molecule has 4 rings (SSSR count). The van der Waals surface area contributed by atoms with Gasteiger partial charge in [0.25, 0.3) is 0 Å².